The van der Waals surface area contributed by atoms with Gasteiger partial charge in [0.1, 0.15) is 6.04 Å². The van der Waals surface area contributed by atoms with Crippen molar-refractivity contribution in [1.29, 1.82) is 0 Å². The molecule has 0 bridgehead atoms. The van der Waals surface area contributed by atoms with E-state index in [1.807, 2.05) is 51.1 Å². The molecule has 0 saturated heterocycles. The van der Waals surface area contributed by atoms with Crippen molar-refractivity contribution in [3.05, 3.63) is 35.9 Å². The Kier molecular flexibility index (Phi) is 7.20. The molecule has 0 fully saturated rings. The van der Waals surface area contributed by atoms with Crippen molar-refractivity contribution < 1.29 is 14.2 Å². The van der Waals surface area contributed by atoms with E-state index in [0.29, 0.717) is 0 Å². The monoisotopic (exact) mass is 296 g/mol. The predicted molar refractivity (Wildman–Crippen MR) is 81.9 cm³/mol. The number of esters is 1. The molecular formula is C14H21N2O3P. The number of nitrogens with zero attached hydrogens (tertiary/aromatic N) is 1. The molecule has 0 heterocycles. The van der Waals surface area contributed by atoms with Gasteiger partial charge in [0.2, 0.25) is 0 Å². The molecular weight excluding hydrogens is 275 g/mol. The van der Waals surface area contributed by atoms with Crippen molar-refractivity contribution >= 4 is 20.6 Å². The first kappa shape index (κ1) is 16.6. The standard InChI is InChI=1S/C14H21N2O3P/c1-10(2)18-14(17)12(4)16-20-19-15-11(3)13-8-6-5-7-9-13/h5-10,12,16,20H,1-4H3/b15-11+/t12-/m0/s1. The fraction of sp³-hybridized carbons (Fsp3) is 0.429. The molecule has 1 rings (SSSR count). The van der Waals surface area contributed by atoms with E-state index >= 15 is 0 Å². The van der Waals surface area contributed by atoms with Crippen LogP contribution >= 0.6 is 8.96 Å². The molecule has 6 heteroatoms. The number of benzene rings is 1. The number of oxime groups is 1. The van der Waals surface area contributed by atoms with Crippen molar-refractivity contribution in [2.75, 3.05) is 0 Å². The Bertz CT molecular complexity index is 449. The molecule has 0 saturated carbocycles. The Hall–Kier alpha value is -1.45. The number of hydrogen-bond donors (Lipinski definition) is 1. The van der Waals surface area contributed by atoms with E-state index < -0.39 is 6.04 Å². The lowest BCUT2D eigenvalue weighted by Gasteiger charge is -2.14. The van der Waals surface area contributed by atoms with Gasteiger partial charge in [-0.1, -0.05) is 35.5 Å². The van der Waals surface area contributed by atoms with Crippen LogP contribution in [0.5, 0.6) is 0 Å². The summed E-state index contributed by atoms with van der Waals surface area (Å²) in [5, 5.41) is 6.92. The maximum Gasteiger partial charge on any atom is 0.323 e. The highest BCUT2D eigenvalue weighted by Crippen LogP contribution is 2.11. The molecule has 0 aliphatic heterocycles. The van der Waals surface area contributed by atoms with Gasteiger partial charge in [-0.05, 0) is 33.3 Å². The first-order valence-corrected chi connectivity index (χ1v) is 7.38. The number of nitrogens with one attached hydrogen (secondary N) is 1. The van der Waals surface area contributed by atoms with Crippen LogP contribution in [-0.4, -0.2) is 23.8 Å². The molecule has 0 aromatic heterocycles. The van der Waals surface area contributed by atoms with Crippen molar-refractivity contribution in [2.45, 2.75) is 39.8 Å². The van der Waals surface area contributed by atoms with Gasteiger partial charge in [-0.3, -0.25) is 9.88 Å². The summed E-state index contributed by atoms with van der Waals surface area (Å²) in [6.45, 7) is 7.24. The Labute approximate surface area is 121 Å². The van der Waals surface area contributed by atoms with Gasteiger partial charge in [0.25, 0.3) is 0 Å². The second kappa shape index (κ2) is 8.67. The van der Waals surface area contributed by atoms with Crippen molar-refractivity contribution in [3.63, 3.8) is 0 Å². The SMILES string of the molecule is C/C(=N\OPN[C@@H](C)C(=O)OC(C)C)c1ccccc1. The van der Waals surface area contributed by atoms with Crippen LogP contribution in [0.25, 0.3) is 0 Å². The van der Waals surface area contributed by atoms with Crippen LogP contribution in [0.1, 0.15) is 33.3 Å². The van der Waals surface area contributed by atoms with Crippen LogP contribution < -0.4 is 5.09 Å². The van der Waals surface area contributed by atoms with Crippen LogP contribution in [0.3, 0.4) is 0 Å². The molecule has 1 aromatic carbocycles. The fourth-order valence-electron chi connectivity index (χ4n) is 1.33. The lowest BCUT2D eigenvalue weighted by Crippen LogP contribution is -2.31. The third kappa shape index (κ3) is 6.13. The van der Waals surface area contributed by atoms with Gasteiger partial charge >= 0.3 is 5.97 Å². The molecule has 0 radical (unpaired) electrons. The zero-order valence-electron chi connectivity index (χ0n) is 12.2. The molecule has 1 unspecified atom stereocenters. The number of carbonyl (C=O) groups is 1. The highest BCUT2D eigenvalue weighted by molar-refractivity contribution is 7.29. The van der Waals surface area contributed by atoms with Gasteiger partial charge in [0, 0.05) is 0 Å². The summed E-state index contributed by atoms with van der Waals surface area (Å²) < 4.78 is 10.2. The van der Waals surface area contributed by atoms with E-state index in [2.05, 4.69) is 10.2 Å². The second-order valence-electron chi connectivity index (χ2n) is 4.59. The van der Waals surface area contributed by atoms with Gasteiger partial charge in [-0.15, -0.1) is 0 Å². The minimum Gasteiger partial charge on any atom is -0.462 e. The number of rotatable bonds is 7. The third-order valence-electron chi connectivity index (χ3n) is 2.40. The summed E-state index contributed by atoms with van der Waals surface area (Å²) >= 11 is 0. The molecule has 1 N–H and O–H groups in total. The largest absolute Gasteiger partial charge is 0.462 e. The first-order chi connectivity index (χ1) is 9.50. The highest BCUT2D eigenvalue weighted by Gasteiger charge is 2.15. The summed E-state index contributed by atoms with van der Waals surface area (Å²) in [4.78, 5) is 11.5. The van der Waals surface area contributed by atoms with E-state index in [1.54, 1.807) is 6.92 Å². The Morgan fingerprint density at radius 3 is 2.50 bits per heavy atom. The van der Waals surface area contributed by atoms with Crippen LogP contribution in [0, 0.1) is 0 Å². The second-order valence-corrected chi connectivity index (χ2v) is 5.26. The van der Waals surface area contributed by atoms with Crippen molar-refractivity contribution in [2.24, 2.45) is 5.16 Å². The summed E-state index contributed by atoms with van der Waals surface area (Å²) in [6.07, 6.45) is -0.116. The van der Waals surface area contributed by atoms with E-state index in [0.717, 1.165) is 11.3 Å². The average molecular weight is 296 g/mol. The zero-order valence-corrected chi connectivity index (χ0v) is 13.2. The number of ether oxygens (including phenoxy) is 1. The quantitative estimate of drug-likeness (QED) is 0.276. The molecule has 110 valence electrons. The van der Waals surface area contributed by atoms with Gasteiger partial charge in [-0.25, -0.2) is 0 Å². The topological polar surface area (TPSA) is 59.9 Å². The van der Waals surface area contributed by atoms with Crippen LogP contribution in [0.15, 0.2) is 35.5 Å². The smallest absolute Gasteiger partial charge is 0.323 e. The van der Waals surface area contributed by atoms with Gasteiger partial charge in [0.05, 0.1) is 11.8 Å². The van der Waals surface area contributed by atoms with E-state index in [9.17, 15) is 4.79 Å². The van der Waals surface area contributed by atoms with Gasteiger partial charge in [0.15, 0.2) is 8.96 Å². The molecule has 2 atom stereocenters. The van der Waals surface area contributed by atoms with E-state index in [4.69, 9.17) is 9.36 Å². The summed E-state index contributed by atoms with van der Waals surface area (Å²) in [6, 6.07) is 9.34. The molecule has 1 aromatic rings. The number of carbonyl (C=O) groups excluding carboxylic acids is 1. The fourth-order valence-corrected chi connectivity index (χ4v) is 1.86. The summed E-state index contributed by atoms with van der Waals surface area (Å²) in [5.74, 6) is -0.292. The van der Waals surface area contributed by atoms with Gasteiger partial charge < -0.3 is 9.36 Å². The minimum atomic E-state index is -0.414. The highest BCUT2D eigenvalue weighted by atomic mass is 31.1. The van der Waals surface area contributed by atoms with Crippen molar-refractivity contribution in [1.82, 2.24) is 5.09 Å². The maximum atomic E-state index is 11.5. The van der Waals surface area contributed by atoms with Gasteiger partial charge in [-0.2, -0.15) is 0 Å². The zero-order chi connectivity index (χ0) is 15.0. The Balaban J connectivity index is 2.32. The van der Waals surface area contributed by atoms with Crippen LogP contribution in [0.2, 0.25) is 0 Å². The molecule has 20 heavy (non-hydrogen) atoms. The van der Waals surface area contributed by atoms with Crippen LogP contribution in [-0.2, 0) is 14.2 Å². The Morgan fingerprint density at radius 2 is 1.90 bits per heavy atom. The first-order valence-electron chi connectivity index (χ1n) is 6.47. The third-order valence-corrected chi connectivity index (χ3v) is 3.13. The molecule has 0 amide bonds. The maximum absolute atomic E-state index is 11.5. The van der Waals surface area contributed by atoms with Crippen LogP contribution in [0.4, 0.5) is 0 Å². The molecule has 0 aliphatic rings. The lowest BCUT2D eigenvalue weighted by molar-refractivity contribution is -0.148. The normalized spacial score (nSPS) is 13.8. The van der Waals surface area contributed by atoms with E-state index in [1.165, 1.54) is 0 Å². The Morgan fingerprint density at radius 1 is 1.25 bits per heavy atom. The molecule has 0 aliphatic carbocycles. The number of hydrogen-bond acceptors (Lipinski definition) is 5. The average Bonchev–Trinajstić information content (AvgIpc) is 2.43. The molecule has 0 spiro atoms. The van der Waals surface area contributed by atoms with Crippen molar-refractivity contribution in [3.8, 4) is 0 Å². The van der Waals surface area contributed by atoms with E-state index in [-0.39, 0.29) is 21.0 Å². The minimum absolute atomic E-state index is 0.0987. The lowest BCUT2D eigenvalue weighted by atomic mass is 10.1. The molecule has 5 nitrogen and oxygen atoms in total. The summed E-state index contributed by atoms with van der Waals surface area (Å²) in [7, 11) is -0.0987. The summed E-state index contributed by atoms with van der Waals surface area (Å²) in [5.41, 5.74) is 1.79. The predicted octanol–water partition coefficient (Wildman–Crippen LogP) is 2.87.